The highest BCUT2D eigenvalue weighted by Gasteiger charge is 2.24. The SMILES string of the molecule is CNCC1CCCN(C(=O)c2ccc(C3SCCCS3)cc2)C1. The minimum absolute atomic E-state index is 0.196. The van der Waals surface area contributed by atoms with Gasteiger partial charge >= 0.3 is 0 Å². The molecular formula is C18H26N2OS2. The summed E-state index contributed by atoms with van der Waals surface area (Å²) in [6.45, 7) is 2.78. The molecule has 2 fully saturated rings. The molecule has 2 heterocycles. The molecule has 0 radical (unpaired) electrons. The molecule has 1 N–H and O–H groups in total. The second kappa shape index (κ2) is 8.45. The molecule has 0 aliphatic carbocycles. The first-order valence-electron chi connectivity index (χ1n) is 8.55. The third kappa shape index (κ3) is 4.46. The molecule has 1 aromatic rings. The van der Waals surface area contributed by atoms with Gasteiger partial charge in [0.2, 0.25) is 0 Å². The van der Waals surface area contributed by atoms with E-state index in [-0.39, 0.29) is 5.91 Å². The standard InChI is InChI=1S/C18H26N2OS2/c1-19-12-14-4-2-9-20(13-14)17(21)15-5-7-16(8-6-15)18-22-10-3-11-23-18/h5-8,14,18-19H,2-4,9-13H2,1H3. The van der Waals surface area contributed by atoms with Crippen LogP contribution in [0.15, 0.2) is 24.3 Å². The Labute approximate surface area is 148 Å². The van der Waals surface area contributed by atoms with Crippen molar-refractivity contribution < 1.29 is 4.79 Å². The van der Waals surface area contributed by atoms with E-state index in [4.69, 9.17) is 0 Å². The van der Waals surface area contributed by atoms with Gasteiger partial charge in [0, 0.05) is 18.7 Å². The number of hydrogen-bond donors (Lipinski definition) is 1. The van der Waals surface area contributed by atoms with Crippen LogP contribution in [-0.2, 0) is 0 Å². The van der Waals surface area contributed by atoms with E-state index in [1.807, 2.05) is 47.6 Å². The molecule has 126 valence electrons. The number of likely N-dealkylation sites (tertiary alicyclic amines) is 1. The zero-order valence-electron chi connectivity index (χ0n) is 13.8. The van der Waals surface area contributed by atoms with Crippen molar-refractivity contribution in [2.45, 2.75) is 23.8 Å². The molecule has 1 atom stereocenters. The van der Waals surface area contributed by atoms with Gasteiger partial charge in [0.25, 0.3) is 5.91 Å². The van der Waals surface area contributed by atoms with Gasteiger partial charge in [-0.25, -0.2) is 0 Å². The molecule has 0 saturated carbocycles. The number of nitrogens with one attached hydrogen (secondary N) is 1. The fourth-order valence-corrected chi connectivity index (χ4v) is 6.24. The van der Waals surface area contributed by atoms with Crippen LogP contribution in [0.3, 0.4) is 0 Å². The summed E-state index contributed by atoms with van der Waals surface area (Å²) in [4.78, 5) is 14.8. The van der Waals surface area contributed by atoms with Crippen LogP contribution in [0.5, 0.6) is 0 Å². The Balaban J connectivity index is 1.63. The average Bonchev–Trinajstić information content (AvgIpc) is 2.62. The second-order valence-corrected chi connectivity index (χ2v) is 9.09. The molecule has 3 rings (SSSR count). The molecule has 1 amide bonds. The third-order valence-corrected chi connectivity index (χ3v) is 7.57. The van der Waals surface area contributed by atoms with E-state index >= 15 is 0 Å². The van der Waals surface area contributed by atoms with Crippen LogP contribution in [0.2, 0.25) is 0 Å². The topological polar surface area (TPSA) is 32.3 Å². The fraction of sp³-hybridized carbons (Fsp3) is 0.611. The van der Waals surface area contributed by atoms with Crippen LogP contribution in [0.1, 0.15) is 39.8 Å². The van der Waals surface area contributed by atoms with Crippen molar-refractivity contribution >= 4 is 29.4 Å². The van der Waals surface area contributed by atoms with Gasteiger partial charge in [-0.3, -0.25) is 4.79 Å². The van der Waals surface area contributed by atoms with E-state index in [1.165, 1.54) is 29.9 Å². The zero-order chi connectivity index (χ0) is 16.1. The number of carbonyl (C=O) groups excluding carboxylic acids is 1. The molecule has 2 aliphatic heterocycles. The Morgan fingerprint density at radius 3 is 2.65 bits per heavy atom. The van der Waals surface area contributed by atoms with E-state index in [0.717, 1.165) is 31.6 Å². The summed E-state index contributed by atoms with van der Waals surface area (Å²) in [6.07, 6.45) is 3.65. The Morgan fingerprint density at radius 2 is 1.96 bits per heavy atom. The number of rotatable bonds is 4. The number of hydrogen-bond acceptors (Lipinski definition) is 4. The first-order valence-corrected chi connectivity index (χ1v) is 10.6. The van der Waals surface area contributed by atoms with E-state index in [2.05, 4.69) is 17.4 Å². The summed E-state index contributed by atoms with van der Waals surface area (Å²) < 4.78 is 0.544. The molecule has 23 heavy (non-hydrogen) atoms. The number of thioether (sulfide) groups is 2. The maximum Gasteiger partial charge on any atom is 0.253 e. The summed E-state index contributed by atoms with van der Waals surface area (Å²) in [5.74, 6) is 3.28. The highest BCUT2D eigenvalue weighted by Crippen LogP contribution is 2.43. The van der Waals surface area contributed by atoms with Crippen molar-refractivity contribution in [1.82, 2.24) is 10.2 Å². The van der Waals surface area contributed by atoms with Gasteiger partial charge in [-0.2, -0.15) is 0 Å². The van der Waals surface area contributed by atoms with Gasteiger partial charge in [-0.1, -0.05) is 12.1 Å². The van der Waals surface area contributed by atoms with E-state index < -0.39 is 0 Å². The predicted molar refractivity (Wildman–Crippen MR) is 101 cm³/mol. The van der Waals surface area contributed by atoms with Gasteiger partial charge < -0.3 is 10.2 Å². The van der Waals surface area contributed by atoms with Crippen LogP contribution in [0.25, 0.3) is 0 Å². The first-order chi connectivity index (χ1) is 11.3. The molecular weight excluding hydrogens is 324 g/mol. The molecule has 1 aromatic carbocycles. The molecule has 3 nitrogen and oxygen atoms in total. The van der Waals surface area contributed by atoms with Crippen LogP contribution >= 0.6 is 23.5 Å². The molecule has 0 bridgehead atoms. The highest BCUT2D eigenvalue weighted by atomic mass is 32.2. The fourth-order valence-electron chi connectivity index (χ4n) is 3.35. The van der Waals surface area contributed by atoms with Gasteiger partial charge in [-0.15, -0.1) is 23.5 Å². The summed E-state index contributed by atoms with van der Waals surface area (Å²) >= 11 is 4.05. The van der Waals surface area contributed by atoms with E-state index in [1.54, 1.807) is 0 Å². The lowest BCUT2D eigenvalue weighted by Gasteiger charge is -2.33. The maximum absolute atomic E-state index is 12.7. The van der Waals surface area contributed by atoms with E-state index in [0.29, 0.717) is 10.5 Å². The predicted octanol–water partition coefficient (Wildman–Crippen LogP) is 3.63. The normalized spacial score (nSPS) is 23.0. The van der Waals surface area contributed by atoms with Crippen molar-refractivity contribution in [3.05, 3.63) is 35.4 Å². The number of amides is 1. The Hall–Kier alpha value is -0.650. The summed E-state index contributed by atoms with van der Waals surface area (Å²) in [5.41, 5.74) is 2.19. The van der Waals surface area contributed by atoms with Crippen LogP contribution < -0.4 is 5.32 Å². The molecule has 0 spiro atoms. The summed E-state index contributed by atoms with van der Waals surface area (Å²) in [5, 5.41) is 3.24. The summed E-state index contributed by atoms with van der Waals surface area (Å²) in [6, 6.07) is 8.35. The van der Waals surface area contributed by atoms with Crippen molar-refractivity contribution in [2.24, 2.45) is 5.92 Å². The quantitative estimate of drug-likeness (QED) is 0.899. The minimum Gasteiger partial charge on any atom is -0.338 e. The average molecular weight is 351 g/mol. The molecule has 2 aliphatic rings. The highest BCUT2D eigenvalue weighted by molar-refractivity contribution is 8.16. The summed E-state index contributed by atoms with van der Waals surface area (Å²) in [7, 11) is 1.99. The van der Waals surface area contributed by atoms with Gasteiger partial charge in [0.05, 0.1) is 4.58 Å². The third-order valence-electron chi connectivity index (χ3n) is 4.56. The lowest BCUT2D eigenvalue weighted by atomic mass is 9.97. The number of piperidine rings is 1. The van der Waals surface area contributed by atoms with Crippen molar-refractivity contribution in [2.75, 3.05) is 38.2 Å². The first kappa shape index (κ1) is 17.2. The largest absolute Gasteiger partial charge is 0.338 e. The van der Waals surface area contributed by atoms with Crippen molar-refractivity contribution in [1.29, 1.82) is 0 Å². The lowest BCUT2D eigenvalue weighted by molar-refractivity contribution is 0.0674. The van der Waals surface area contributed by atoms with Crippen LogP contribution in [0, 0.1) is 5.92 Å². The smallest absolute Gasteiger partial charge is 0.253 e. The van der Waals surface area contributed by atoms with Crippen molar-refractivity contribution in [3.8, 4) is 0 Å². The van der Waals surface area contributed by atoms with Crippen molar-refractivity contribution in [3.63, 3.8) is 0 Å². The maximum atomic E-state index is 12.7. The second-order valence-electron chi connectivity index (χ2n) is 6.37. The molecule has 2 saturated heterocycles. The monoisotopic (exact) mass is 350 g/mol. The number of carbonyl (C=O) groups is 1. The number of nitrogens with zero attached hydrogens (tertiary/aromatic N) is 1. The van der Waals surface area contributed by atoms with Gasteiger partial charge in [-0.05, 0) is 68.0 Å². The van der Waals surface area contributed by atoms with Gasteiger partial charge in [0.1, 0.15) is 0 Å². The Bertz CT molecular complexity index is 512. The lowest BCUT2D eigenvalue weighted by Crippen LogP contribution is -2.42. The van der Waals surface area contributed by atoms with E-state index in [9.17, 15) is 4.79 Å². The number of benzene rings is 1. The zero-order valence-corrected chi connectivity index (χ0v) is 15.4. The molecule has 5 heteroatoms. The van der Waals surface area contributed by atoms with Crippen LogP contribution in [0.4, 0.5) is 0 Å². The van der Waals surface area contributed by atoms with Gasteiger partial charge in [0.15, 0.2) is 0 Å². The van der Waals surface area contributed by atoms with Crippen LogP contribution in [-0.4, -0.2) is 49.0 Å². The molecule has 1 unspecified atom stereocenters. The Kier molecular flexibility index (Phi) is 6.31. The molecule has 0 aromatic heterocycles. The minimum atomic E-state index is 0.196. The Morgan fingerprint density at radius 1 is 1.22 bits per heavy atom.